The van der Waals surface area contributed by atoms with Crippen molar-refractivity contribution in [2.45, 2.75) is 25.7 Å². The van der Waals surface area contributed by atoms with Gasteiger partial charge in [0.25, 0.3) is 0 Å². The van der Waals surface area contributed by atoms with Gasteiger partial charge in [-0.2, -0.15) is 0 Å². The van der Waals surface area contributed by atoms with Crippen molar-refractivity contribution in [1.29, 1.82) is 0 Å². The Kier molecular flexibility index (Phi) is 2.79. The molecule has 1 aromatic carbocycles. The quantitative estimate of drug-likeness (QED) is 0.745. The fraction of sp³-hybridized carbons (Fsp3) is 0.462. The summed E-state index contributed by atoms with van der Waals surface area (Å²) >= 11 is 1.83. The van der Waals surface area contributed by atoms with Crippen LogP contribution >= 0.6 is 11.3 Å². The van der Waals surface area contributed by atoms with E-state index in [1.54, 1.807) is 0 Å². The van der Waals surface area contributed by atoms with Gasteiger partial charge in [-0.05, 0) is 25.0 Å². The third kappa shape index (κ3) is 1.92. The number of aromatic nitrogens is 1. The molecule has 16 heavy (non-hydrogen) atoms. The summed E-state index contributed by atoms with van der Waals surface area (Å²) in [5.41, 5.74) is 1.15. The van der Waals surface area contributed by atoms with Crippen LogP contribution in [0, 0.1) is 0 Å². The summed E-state index contributed by atoms with van der Waals surface area (Å²) in [5.74, 6) is 0. The van der Waals surface area contributed by atoms with Crippen molar-refractivity contribution in [2.75, 3.05) is 18.0 Å². The van der Waals surface area contributed by atoms with E-state index in [-0.39, 0.29) is 0 Å². The van der Waals surface area contributed by atoms with Gasteiger partial charge in [0.15, 0.2) is 5.13 Å². The maximum atomic E-state index is 4.72. The van der Waals surface area contributed by atoms with Gasteiger partial charge in [-0.3, -0.25) is 0 Å². The highest BCUT2D eigenvalue weighted by atomic mass is 32.1. The fourth-order valence-corrected chi connectivity index (χ4v) is 3.27. The maximum absolute atomic E-state index is 4.72. The van der Waals surface area contributed by atoms with Gasteiger partial charge in [0.05, 0.1) is 10.2 Å². The first-order valence-electron chi connectivity index (χ1n) is 6.04. The van der Waals surface area contributed by atoms with E-state index in [4.69, 9.17) is 4.98 Å². The van der Waals surface area contributed by atoms with Crippen molar-refractivity contribution in [3.63, 3.8) is 0 Å². The molecule has 0 saturated carbocycles. The van der Waals surface area contributed by atoms with Crippen LogP contribution in [0.2, 0.25) is 0 Å². The zero-order valence-corrected chi connectivity index (χ0v) is 10.2. The lowest BCUT2D eigenvalue weighted by Crippen LogP contribution is -2.23. The van der Waals surface area contributed by atoms with E-state index in [9.17, 15) is 0 Å². The number of benzene rings is 1. The van der Waals surface area contributed by atoms with Gasteiger partial charge in [-0.15, -0.1) is 0 Å². The van der Waals surface area contributed by atoms with Crippen LogP contribution in [0.15, 0.2) is 24.3 Å². The minimum Gasteiger partial charge on any atom is -0.348 e. The van der Waals surface area contributed by atoms with Crippen LogP contribution < -0.4 is 4.90 Å². The minimum atomic E-state index is 1.15. The first-order chi connectivity index (χ1) is 7.93. The van der Waals surface area contributed by atoms with Gasteiger partial charge in [0.1, 0.15) is 0 Å². The number of rotatable bonds is 1. The van der Waals surface area contributed by atoms with Crippen molar-refractivity contribution in [1.82, 2.24) is 4.98 Å². The first kappa shape index (κ1) is 10.1. The zero-order chi connectivity index (χ0) is 10.8. The summed E-state index contributed by atoms with van der Waals surface area (Å²) in [4.78, 5) is 7.18. The normalized spacial score (nSPS) is 17.6. The molecule has 1 saturated heterocycles. The lowest BCUT2D eigenvalue weighted by molar-refractivity contribution is 0.726. The Morgan fingerprint density at radius 3 is 2.50 bits per heavy atom. The summed E-state index contributed by atoms with van der Waals surface area (Å²) in [6, 6.07) is 8.42. The number of thiazole rings is 1. The van der Waals surface area contributed by atoms with E-state index in [1.165, 1.54) is 48.6 Å². The van der Waals surface area contributed by atoms with Crippen molar-refractivity contribution in [2.24, 2.45) is 0 Å². The SMILES string of the molecule is c1ccc2sc(N3CCCCCC3)nc2c1. The molecule has 0 N–H and O–H groups in total. The molecule has 0 aliphatic carbocycles. The molecule has 2 heterocycles. The largest absolute Gasteiger partial charge is 0.348 e. The van der Waals surface area contributed by atoms with Gasteiger partial charge in [0, 0.05) is 13.1 Å². The highest BCUT2D eigenvalue weighted by Crippen LogP contribution is 2.29. The number of anilines is 1. The monoisotopic (exact) mass is 232 g/mol. The second-order valence-corrected chi connectivity index (χ2v) is 5.37. The van der Waals surface area contributed by atoms with Gasteiger partial charge < -0.3 is 4.90 Å². The molecule has 2 nitrogen and oxygen atoms in total. The molecule has 84 valence electrons. The van der Waals surface area contributed by atoms with Crippen LogP contribution in [-0.4, -0.2) is 18.1 Å². The number of hydrogen-bond donors (Lipinski definition) is 0. The predicted octanol–water partition coefficient (Wildman–Crippen LogP) is 3.68. The Hall–Kier alpha value is -1.09. The number of nitrogens with zero attached hydrogens (tertiary/aromatic N) is 2. The molecular weight excluding hydrogens is 216 g/mol. The second kappa shape index (κ2) is 4.42. The molecule has 1 fully saturated rings. The molecule has 2 aromatic rings. The topological polar surface area (TPSA) is 16.1 Å². The van der Waals surface area contributed by atoms with Gasteiger partial charge in [-0.25, -0.2) is 4.98 Å². The molecule has 3 heteroatoms. The molecule has 3 rings (SSSR count). The number of para-hydroxylation sites is 1. The van der Waals surface area contributed by atoms with E-state index in [1.807, 2.05) is 11.3 Å². The van der Waals surface area contributed by atoms with Gasteiger partial charge in [0.2, 0.25) is 0 Å². The van der Waals surface area contributed by atoms with E-state index in [2.05, 4.69) is 29.2 Å². The van der Waals surface area contributed by atoms with Crippen LogP contribution in [0.3, 0.4) is 0 Å². The minimum absolute atomic E-state index is 1.15. The average molecular weight is 232 g/mol. The standard InChI is InChI=1S/C13H16N2S/c1-2-6-10-15(9-5-1)13-14-11-7-3-4-8-12(11)16-13/h3-4,7-8H,1-2,5-6,9-10H2. The molecule has 0 atom stereocenters. The predicted molar refractivity (Wildman–Crippen MR) is 70.3 cm³/mol. The van der Waals surface area contributed by atoms with Crippen LogP contribution in [-0.2, 0) is 0 Å². The maximum Gasteiger partial charge on any atom is 0.186 e. The Labute approximate surface area is 99.9 Å². The Morgan fingerprint density at radius 1 is 1.00 bits per heavy atom. The molecule has 0 bridgehead atoms. The zero-order valence-electron chi connectivity index (χ0n) is 9.35. The smallest absolute Gasteiger partial charge is 0.186 e. The highest BCUT2D eigenvalue weighted by molar-refractivity contribution is 7.22. The first-order valence-corrected chi connectivity index (χ1v) is 6.86. The Balaban J connectivity index is 1.92. The Bertz CT molecular complexity index is 436. The Morgan fingerprint density at radius 2 is 1.75 bits per heavy atom. The molecular formula is C13H16N2S. The van der Waals surface area contributed by atoms with E-state index >= 15 is 0 Å². The lowest BCUT2D eigenvalue weighted by atomic mass is 10.2. The molecule has 1 aliphatic heterocycles. The summed E-state index contributed by atoms with van der Waals surface area (Å²) < 4.78 is 1.31. The summed E-state index contributed by atoms with van der Waals surface area (Å²) in [6.07, 6.45) is 5.38. The van der Waals surface area contributed by atoms with E-state index in [0.29, 0.717) is 0 Å². The number of hydrogen-bond acceptors (Lipinski definition) is 3. The summed E-state index contributed by atoms with van der Waals surface area (Å²) in [5, 5.41) is 1.21. The third-order valence-electron chi connectivity index (χ3n) is 3.16. The second-order valence-electron chi connectivity index (χ2n) is 4.37. The van der Waals surface area contributed by atoms with E-state index in [0.717, 1.165) is 5.52 Å². The highest BCUT2D eigenvalue weighted by Gasteiger charge is 2.13. The third-order valence-corrected chi connectivity index (χ3v) is 4.26. The van der Waals surface area contributed by atoms with Crippen molar-refractivity contribution < 1.29 is 0 Å². The number of fused-ring (bicyclic) bond motifs is 1. The molecule has 1 aliphatic rings. The fourth-order valence-electron chi connectivity index (χ4n) is 2.26. The molecule has 0 radical (unpaired) electrons. The van der Waals surface area contributed by atoms with Crippen molar-refractivity contribution >= 4 is 26.7 Å². The van der Waals surface area contributed by atoms with Crippen LogP contribution in [0.4, 0.5) is 5.13 Å². The molecule has 1 aromatic heterocycles. The molecule has 0 amide bonds. The van der Waals surface area contributed by atoms with Crippen LogP contribution in [0.5, 0.6) is 0 Å². The van der Waals surface area contributed by atoms with Gasteiger partial charge >= 0.3 is 0 Å². The lowest BCUT2D eigenvalue weighted by Gasteiger charge is -2.18. The van der Waals surface area contributed by atoms with E-state index < -0.39 is 0 Å². The van der Waals surface area contributed by atoms with Crippen molar-refractivity contribution in [3.05, 3.63) is 24.3 Å². The summed E-state index contributed by atoms with van der Waals surface area (Å²) in [7, 11) is 0. The van der Waals surface area contributed by atoms with Crippen LogP contribution in [0.1, 0.15) is 25.7 Å². The summed E-state index contributed by atoms with van der Waals surface area (Å²) in [6.45, 7) is 2.36. The molecule has 0 unspecified atom stereocenters. The van der Waals surface area contributed by atoms with Crippen LogP contribution in [0.25, 0.3) is 10.2 Å². The molecule has 0 spiro atoms. The van der Waals surface area contributed by atoms with Gasteiger partial charge in [-0.1, -0.05) is 36.3 Å². The van der Waals surface area contributed by atoms with Crippen molar-refractivity contribution in [3.8, 4) is 0 Å². The average Bonchev–Trinajstić information content (AvgIpc) is 2.56.